The Morgan fingerprint density at radius 2 is 1.50 bits per heavy atom. The third-order valence-electron chi connectivity index (χ3n) is 5.13. The fourth-order valence-electron chi connectivity index (χ4n) is 3.53. The Morgan fingerprint density at radius 3 is 2.10 bits per heavy atom. The first kappa shape index (κ1) is 23.7. The average molecular weight is 415 g/mol. The first-order valence-electron chi connectivity index (χ1n) is 10.9. The molecule has 5 nitrogen and oxygen atoms in total. The second-order valence-electron chi connectivity index (χ2n) is 7.50. The Kier molecular flexibility index (Phi) is 10.8. The highest BCUT2D eigenvalue weighted by Gasteiger charge is 2.15. The lowest BCUT2D eigenvalue weighted by molar-refractivity contribution is -0.136. The topological polar surface area (TPSA) is 76.0 Å². The Hall–Kier alpha value is -2.53. The van der Waals surface area contributed by atoms with Crippen LogP contribution in [0.15, 0.2) is 42.5 Å². The molecule has 2 aromatic rings. The van der Waals surface area contributed by atoms with Gasteiger partial charge in [-0.3, -0.25) is 4.79 Å². The van der Waals surface area contributed by atoms with Crippen LogP contribution in [0.4, 0.5) is 0 Å². The van der Waals surface area contributed by atoms with Gasteiger partial charge in [0.15, 0.2) is 11.5 Å². The number of hydrogen-bond acceptors (Lipinski definition) is 4. The van der Waals surface area contributed by atoms with Gasteiger partial charge in [-0.05, 0) is 41.7 Å². The number of hydrogen-bond donors (Lipinski definition) is 2. The molecule has 0 aliphatic heterocycles. The molecule has 0 saturated carbocycles. The van der Waals surface area contributed by atoms with E-state index in [2.05, 4.69) is 0 Å². The van der Waals surface area contributed by atoms with E-state index in [1.165, 1.54) is 25.7 Å². The van der Waals surface area contributed by atoms with Crippen molar-refractivity contribution >= 4 is 5.97 Å². The first-order valence-corrected chi connectivity index (χ1v) is 10.9. The van der Waals surface area contributed by atoms with Crippen LogP contribution >= 0.6 is 0 Å². The van der Waals surface area contributed by atoms with Crippen LogP contribution in [-0.2, 0) is 11.2 Å². The third-order valence-corrected chi connectivity index (χ3v) is 5.13. The standard InChI is InChI=1S/C25H34O5/c1-29-23-17-21(18-25(27)28)22(20-13-9-8-10-14-20)19-24(23)30-16-12-7-5-3-2-4-6-11-15-26/h8-10,13-14,17,19,26H,2-7,11-12,15-16,18H2,1H3,(H,27,28). The smallest absolute Gasteiger partial charge is 0.307 e. The molecular formula is C25H34O5. The van der Waals surface area contributed by atoms with E-state index >= 15 is 0 Å². The summed E-state index contributed by atoms with van der Waals surface area (Å²) in [6.45, 7) is 0.900. The van der Waals surface area contributed by atoms with E-state index in [4.69, 9.17) is 14.6 Å². The number of aliphatic carboxylic acids is 1. The van der Waals surface area contributed by atoms with E-state index in [1.54, 1.807) is 13.2 Å². The zero-order chi connectivity index (χ0) is 21.6. The first-order chi connectivity index (χ1) is 14.7. The fraction of sp³-hybridized carbons (Fsp3) is 0.480. The molecule has 0 saturated heterocycles. The second kappa shape index (κ2) is 13.6. The maximum Gasteiger partial charge on any atom is 0.307 e. The molecule has 164 valence electrons. The van der Waals surface area contributed by atoms with Gasteiger partial charge in [0.05, 0.1) is 20.1 Å². The monoisotopic (exact) mass is 414 g/mol. The minimum absolute atomic E-state index is 0.0703. The average Bonchev–Trinajstić information content (AvgIpc) is 2.75. The molecule has 0 amide bonds. The van der Waals surface area contributed by atoms with Crippen molar-refractivity contribution in [2.24, 2.45) is 0 Å². The lowest BCUT2D eigenvalue weighted by Gasteiger charge is -2.16. The summed E-state index contributed by atoms with van der Waals surface area (Å²) in [7, 11) is 1.58. The largest absolute Gasteiger partial charge is 0.493 e. The summed E-state index contributed by atoms with van der Waals surface area (Å²) in [5.41, 5.74) is 2.53. The summed E-state index contributed by atoms with van der Waals surface area (Å²) in [6.07, 6.45) is 8.86. The van der Waals surface area contributed by atoms with Gasteiger partial charge in [-0.15, -0.1) is 0 Å². The van der Waals surface area contributed by atoms with E-state index in [-0.39, 0.29) is 6.42 Å². The van der Waals surface area contributed by atoms with Crippen molar-refractivity contribution in [2.75, 3.05) is 20.3 Å². The highest BCUT2D eigenvalue weighted by molar-refractivity contribution is 5.78. The molecule has 2 N–H and O–H groups in total. The number of rotatable bonds is 15. The second-order valence-corrected chi connectivity index (χ2v) is 7.50. The van der Waals surface area contributed by atoms with E-state index in [9.17, 15) is 9.90 Å². The van der Waals surface area contributed by atoms with E-state index < -0.39 is 5.97 Å². The van der Waals surface area contributed by atoms with Crippen molar-refractivity contribution in [3.63, 3.8) is 0 Å². The molecule has 0 aliphatic rings. The lowest BCUT2D eigenvalue weighted by atomic mass is 9.97. The molecule has 0 atom stereocenters. The van der Waals surface area contributed by atoms with Crippen molar-refractivity contribution in [1.82, 2.24) is 0 Å². The quantitative estimate of drug-likeness (QED) is 0.377. The molecular weight excluding hydrogens is 380 g/mol. The summed E-state index contributed by atoms with van der Waals surface area (Å²) >= 11 is 0. The van der Waals surface area contributed by atoms with Crippen molar-refractivity contribution < 1.29 is 24.5 Å². The SMILES string of the molecule is COc1cc(CC(=O)O)c(-c2ccccc2)cc1OCCCCCCCCCCO. The van der Waals surface area contributed by atoms with Gasteiger partial charge >= 0.3 is 5.97 Å². The van der Waals surface area contributed by atoms with Crippen LogP contribution in [0.2, 0.25) is 0 Å². The minimum Gasteiger partial charge on any atom is -0.493 e. The van der Waals surface area contributed by atoms with Crippen LogP contribution in [0.1, 0.15) is 56.9 Å². The molecule has 5 heteroatoms. The third kappa shape index (κ3) is 8.07. The number of aliphatic hydroxyl groups excluding tert-OH is 1. The maximum atomic E-state index is 11.3. The van der Waals surface area contributed by atoms with Gasteiger partial charge in [-0.1, -0.05) is 68.9 Å². The van der Waals surface area contributed by atoms with Gasteiger partial charge in [-0.25, -0.2) is 0 Å². The van der Waals surface area contributed by atoms with E-state index in [1.807, 2.05) is 36.4 Å². The summed E-state index contributed by atoms with van der Waals surface area (Å²) in [5, 5.41) is 18.1. The highest BCUT2D eigenvalue weighted by atomic mass is 16.5. The Morgan fingerprint density at radius 1 is 0.867 bits per heavy atom. The predicted molar refractivity (Wildman–Crippen MR) is 119 cm³/mol. The number of unbranched alkanes of at least 4 members (excludes halogenated alkanes) is 7. The maximum absolute atomic E-state index is 11.3. The van der Waals surface area contributed by atoms with Crippen molar-refractivity contribution in [3.8, 4) is 22.6 Å². The molecule has 2 rings (SSSR count). The number of aliphatic hydroxyl groups is 1. The van der Waals surface area contributed by atoms with Crippen LogP contribution in [-0.4, -0.2) is 36.5 Å². The normalized spacial score (nSPS) is 10.7. The van der Waals surface area contributed by atoms with Crippen molar-refractivity contribution in [1.29, 1.82) is 0 Å². The molecule has 0 unspecified atom stereocenters. The molecule has 0 spiro atoms. The zero-order valence-corrected chi connectivity index (χ0v) is 17.9. The molecule has 0 bridgehead atoms. The number of ether oxygens (including phenoxy) is 2. The van der Waals surface area contributed by atoms with Crippen LogP contribution in [0.3, 0.4) is 0 Å². The van der Waals surface area contributed by atoms with Gasteiger partial charge in [0, 0.05) is 6.61 Å². The number of benzene rings is 2. The lowest BCUT2D eigenvalue weighted by Crippen LogP contribution is -2.05. The minimum atomic E-state index is -0.876. The van der Waals surface area contributed by atoms with Crippen molar-refractivity contribution in [2.45, 2.75) is 57.8 Å². The van der Waals surface area contributed by atoms with Crippen LogP contribution in [0.5, 0.6) is 11.5 Å². The molecule has 0 heterocycles. The summed E-state index contributed by atoms with van der Waals surface area (Å²) in [5.74, 6) is 0.337. The highest BCUT2D eigenvalue weighted by Crippen LogP contribution is 2.36. The fourth-order valence-corrected chi connectivity index (χ4v) is 3.53. The summed E-state index contributed by atoms with van der Waals surface area (Å²) < 4.78 is 11.5. The molecule has 0 fully saturated rings. The van der Waals surface area contributed by atoms with Gasteiger partial charge < -0.3 is 19.7 Å². The number of methoxy groups -OCH3 is 1. The Labute approximate surface area is 179 Å². The van der Waals surface area contributed by atoms with Gasteiger partial charge in [0.25, 0.3) is 0 Å². The van der Waals surface area contributed by atoms with Gasteiger partial charge in [-0.2, -0.15) is 0 Å². The molecule has 0 aliphatic carbocycles. The number of carbonyl (C=O) groups is 1. The predicted octanol–water partition coefficient (Wildman–Crippen LogP) is 5.48. The van der Waals surface area contributed by atoms with Gasteiger partial charge in [0.2, 0.25) is 0 Å². The Bertz CT molecular complexity index is 758. The number of carboxylic acids is 1. The van der Waals surface area contributed by atoms with E-state index in [0.717, 1.165) is 36.8 Å². The summed E-state index contributed by atoms with van der Waals surface area (Å²) in [6, 6.07) is 13.4. The molecule has 0 aromatic heterocycles. The van der Waals surface area contributed by atoms with Gasteiger partial charge in [0.1, 0.15) is 0 Å². The van der Waals surface area contributed by atoms with Crippen molar-refractivity contribution in [3.05, 3.63) is 48.0 Å². The van der Waals surface area contributed by atoms with E-state index in [0.29, 0.717) is 30.3 Å². The Balaban J connectivity index is 1.94. The molecule has 30 heavy (non-hydrogen) atoms. The molecule has 0 radical (unpaired) electrons. The summed E-state index contributed by atoms with van der Waals surface area (Å²) in [4.78, 5) is 11.3. The van der Waals surface area contributed by atoms with Crippen LogP contribution in [0, 0.1) is 0 Å². The van der Waals surface area contributed by atoms with Crippen LogP contribution < -0.4 is 9.47 Å². The van der Waals surface area contributed by atoms with Crippen LogP contribution in [0.25, 0.3) is 11.1 Å². The zero-order valence-electron chi connectivity index (χ0n) is 17.9. The molecule has 2 aromatic carbocycles. The number of carboxylic acid groups (broad SMARTS) is 1.